The summed E-state index contributed by atoms with van der Waals surface area (Å²) in [6, 6.07) is 11.4. The fourth-order valence-electron chi connectivity index (χ4n) is 3.12. The Bertz CT molecular complexity index is 781. The van der Waals surface area contributed by atoms with Crippen LogP contribution in [0.4, 0.5) is 4.79 Å². The number of aliphatic hydroxyl groups is 2. The lowest BCUT2D eigenvalue weighted by atomic mass is 9.83. The molecular formula is C17H19N3O4. The lowest BCUT2D eigenvalue weighted by Crippen LogP contribution is -2.65. The normalized spacial score (nSPS) is 17.2. The van der Waals surface area contributed by atoms with Crippen LogP contribution in [0.15, 0.2) is 42.5 Å². The highest BCUT2D eigenvalue weighted by Gasteiger charge is 2.47. The van der Waals surface area contributed by atoms with Crippen LogP contribution >= 0.6 is 0 Å². The van der Waals surface area contributed by atoms with Crippen LogP contribution in [0.25, 0.3) is 10.8 Å². The van der Waals surface area contributed by atoms with Gasteiger partial charge in [0.15, 0.2) is 0 Å². The third-order valence-electron chi connectivity index (χ3n) is 4.30. The van der Waals surface area contributed by atoms with Crippen LogP contribution in [0.3, 0.4) is 0 Å². The van der Waals surface area contributed by atoms with Gasteiger partial charge in [-0.1, -0.05) is 42.5 Å². The van der Waals surface area contributed by atoms with Gasteiger partial charge in [0.1, 0.15) is 11.6 Å². The van der Waals surface area contributed by atoms with Crippen molar-refractivity contribution in [2.75, 3.05) is 19.7 Å². The van der Waals surface area contributed by atoms with Crippen molar-refractivity contribution in [3.63, 3.8) is 0 Å². The number of fused-ring (bicyclic) bond motifs is 1. The highest BCUT2D eigenvalue weighted by molar-refractivity contribution is 5.89. The predicted octanol–water partition coefficient (Wildman–Crippen LogP) is -0.101. The van der Waals surface area contributed by atoms with Crippen LogP contribution in [0.1, 0.15) is 5.56 Å². The maximum atomic E-state index is 12.3. The predicted molar refractivity (Wildman–Crippen MR) is 88.0 cm³/mol. The van der Waals surface area contributed by atoms with Gasteiger partial charge in [-0.3, -0.25) is 4.79 Å². The maximum Gasteiger partial charge on any atom is 0.312 e. The van der Waals surface area contributed by atoms with Crippen molar-refractivity contribution in [1.82, 2.24) is 10.2 Å². The molecule has 1 heterocycles. The third kappa shape index (κ3) is 2.79. The van der Waals surface area contributed by atoms with E-state index in [1.165, 1.54) is 4.90 Å². The van der Waals surface area contributed by atoms with Crippen LogP contribution in [-0.2, 0) is 10.4 Å². The molecule has 5 N–H and O–H groups in total. The number of carbonyl (C=O) groups is 2. The fraction of sp³-hybridized carbons (Fsp3) is 0.294. The Morgan fingerprint density at radius 3 is 2.54 bits per heavy atom. The first-order chi connectivity index (χ1) is 11.4. The van der Waals surface area contributed by atoms with Gasteiger partial charge in [0, 0.05) is 0 Å². The number of amides is 3. The molecule has 2 aromatic carbocycles. The molecule has 0 saturated carbocycles. The van der Waals surface area contributed by atoms with Crippen molar-refractivity contribution in [3.05, 3.63) is 48.0 Å². The Morgan fingerprint density at radius 1 is 1.21 bits per heavy atom. The van der Waals surface area contributed by atoms with Crippen molar-refractivity contribution in [3.8, 4) is 0 Å². The van der Waals surface area contributed by atoms with Gasteiger partial charge in [-0.2, -0.15) is 0 Å². The maximum absolute atomic E-state index is 12.3. The molecule has 3 amide bonds. The van der Waals surface area contributed by atoms with Gasteiger partial charge < -0.3 is 26.2 Å². The molecule has 24 heavy (non-hydrogen) atoms. The monoisotopic (exact) mass is 329 g/mol. The Hall–Kier alpha value is -2.64. The molecule has 3 rings (SSSR count). The Morgan fingerprint density at radius 2 is 1.88 bits per heavy atom. The van der Waals surface area contributed by atoms with Gasteiger partial charge in [0.2, 0.25) is 5.91 Å². The van der Waals surface area contributed by atoms with Gasteiger partial charge in [-0.25, -0.2) is 4.79 Å². The van der Waals surface area contributed by atoms with Crippen LogP contribution in [0, 0.1) is 0 Å². The number of hydrogen-bond donors (Lipinski definition) is 4. The lowest BCUT2D eigenvalue weighted by Gasteiger charge is -2.48. The largest absolute Gasteiger partial charge is 0.394 e. The number of nitrogens with zero attached hydrogens (tertiary/aromatic N) is 1. The van der Waals surface area contributed by atoms with Gasteiger partial charge in [0.05, 0.1) is 19.7 Å². The molecule has 1 fully saturated rings. The summed E-state index contributed by atoms with van der Waals surface area (Å²) < 4.78 is 0. The average molecular weight is 329 g/mol. The van der Waals surface area contributed by atoms with Crippen LogP contribution in [0.2, 0.25) is 0 Å². The molecule has 2 aromatic rings. The molecular weight excluding hydrogens is 310 g/mol. The molecule has 0 aromatic heterocycles. The number of urea groups is 1. The van der Waals surface area contributed by atoms with Gasteiger partial charge in [0.25, 0.3) is 0 Å². The fourth-order valence-corrected chi connectivity index (χ4v) is 3.12. The smallest absolute Gasteiger partial charge is 0.312 e. The highest BCUT2D eigenvalue weighted by atomic mass is 16.3. The molecule has 0 bridgehead atoms. The van der Waals surface area contributed by atoms with E-state index < -0.39 is 30.2 Å². The van der Waals surface area contributed by atoms with Crippen LogP contribution in [0.5, 0.6) is 0 Å². The number of rotatable bonds is 4. The van der Waals surface area contributed by atoms with E-state index in [9.17, 15) is 19.8 Å². The summed E-state index contributed by atoms with van der Waals surface area (Å²) in [6.45, 7) is -0.363. The molecule has 0 spiro atoms. The van der Waals surface area contributed by atoms with E-state index in [0.29, 0.717) is 0 Å². The number of nitrogens with two attached hydrogens (primary N) is 1. The lowest BCUT2D eigenvalue weighted by molar-refractivity contribution is -0.159. The van der Waals surface area contributed by atoms with Crippen molar-refractivity contribution in [1.29, 1.82) is 0 Å². The van der Waals surface area contributed by atoms with Crippen LogP contribution in [-0.4, -0.2) is 52.8 Å². The summed E-state index contributed by atoms with van der Waals surface area (Å²) in [5.41, 5.74) is 4.60. The molecule has 0 radical (unpaired) electrons. The van der Waals surface area contributed by atoms with Crippen molar-refractivity contribution < 1.29 is 19.8 Å². The minimum absolute atomic E-state index is 0.0940. The molecule has 1 aliphatic heterocycles. The number of β-amino-alcohol motifs (C(OH)–C–C–N with tert-alkyl or cyclic N) is 1. The summed E-state index contributed by atoms with van der Waals surface area (Å²) in [4.78, 5) is 24.5. The van der Waals surface area contributed by atoms with Gasteiger partial charge in [-0.05, 0) is 16.3 Å². The number of aliphatic hydroxyl groups excluding tert-OH is 1. The molecule has 0 aliphatic carbocycles. The standard InChI is InChI=1S/C17H19N3O4/c18-16(23)19-14(8-21)15(22)20-9-17(24,10-20)13-7-3-5-11-4-1-2-6-12(11)13/h1-7,14,21,24H,8-10H2,(H3,18,19,23). The topological polar surface area (TPSA) is 116 Å². The molecule has 7 nitrogen and oxygen atoms in total. The summed E-state index contributed by atoms with van der Waals surface area (Å²) in [5, 5.41) is 24.2. The van der Waals surface area contributed by atoms with E-state index in [1.807, 2.05) is 42.5 Å². The number of carbonyl (C=O) groups excluding carboxylic acids is 2. The minimum Gasteiger partial charge on any atom is -0.394 e. The first-order valence-corrected chi connectivity index (χ1v) is 7.61. The second-order valence-electron chi connectivity index (χ2n) is 6.00. The average Bonchev–Trinajstić information content (AvgIpc) is 2.55. The molecule has 1 saturated heterocycles. The SMILES string of the molecule is NC(=O)NC(CO)C(=O)N1CC(O)(c2cccc3ccccc23)C1. The quantitative estimate of drug-likeness (QED) is 0.627. The second kappa shape index (κ2) is 6.10. The first kappa shape index (κ1) is 16.2. The van der Waals surface area contributed by atoms with E-state index >= 15 is 0 Å². The van der Waals surface area contributed by atoms with E-state index in [1.54, 1.807) is 0 Å². The zero-order valence-electron chi connectivity index (χ0n) is 13.0. The molecule has 126 valence electrons. The summed E-state index contributed by atoms with van der Waals surface area (Å²) in [5.74, 6) is -0.471. The van der Waals surface area contributed by atoms with Gasteiger partial charge >= 0.3 is 6.03 Å². The summed E-state index contributed by atoms with van der Waals surface area (Å²) in [6.07, 6.45) is 0. The highest BCUT2D eigenvalue weighted by Crippen LogP contribution is 2.36. The van der Waals surface area contributed by atoms with E-state index in [4.69, 9.17) is 5.73 Å². The van der Waals surface area contributed by atoms with Crippen molar-refractivity contribution in [2.24, 2.45) is 5.73 Å². The molecule has 1 atom stereocenters. The minimum atomic E-state index is -1.15. The summed E-state index contributed by atoms with van der Waals surface area (Å²) >= 11 is 0. The zero-order valence-corrected chi connectivity index (χ0v) is 13.0. The van der Waals surface area contributed by atoms with Crippen molar-refractivity contribution >= 4 is 22.7 Å². The second-order valence-corrected chi connectivity index (χ2v) is 6.00. The van der Waals surface area contributed by atoms with E-state index in [2.05, 4.69) is 5.32 Å². The molecule has 1 aliphatic rings. The zero-order chi connectivity index (χ0) is 17.3. The van der Waals surface area contributed by atoms with Crippen molar-refractivity contribution in [2.45, 2.75) is 11.6 Å². The number of primary amides is 1. The number of hydrogen-bond acceptors (Lipinski definition) is 4. The third-order valence-corrected chi connectivity index (χ3v) is 4.30. The number of likely N-dealkylation sites (tertiary alicyclic amines) is 1. The number of benzene rings is 2. The Labute approximate surface area is 138 Å². The summed E-state index contributed by atoms with van der Waals surface area (Å²) in [7, 11) is 0. The van der Waals surface area contributed by atoms with Gasteiger partial charge in [-0.15, -0.1) is 0 Å². The Balaban J connectivity index is 1.78. The molecule has 7 heteroatoms. The first-order valence-electron chi connectivity index (χ1n) is 7.61. The van der Waals surface area contributed by atoms with E-state index in [-0.39, 0.29) is 13.1 Å². The molecule has 1 unspecified atom stereocenters. The number of nitrogens with one attached hydrogen (secondary N) is 1. The van der Waals surface area contributed by atoms with E-state index in [0.717, 1.165) is 16.3 Å². The Kier molecular flexibility index (Phi) is 4.13. The van der Waals surface area contributed by atoms with Crippen LogP contribution < -0.4 is 11.1 Å².